The fourth-order valence-electron chi connectivity index (χ4n) is 1.47. The summed E-state index contributed by atoms with van der Waals surface area (Å²) in [5.74, 6) is 0.106. The van der Waals surface area contributed by atoms with E-state index in [1.165, 1.54) is 11.3 Å². The number of nitrogens with zero attached hydrogens (tertiary/aromatic N) is 1. The predicted octanol–water partition coefficient (Wildman–Crippen LogP) is 5.13. The van der Waals surface area contributed by atoms with E-state index in [0.29, 0.717) is 26.6 Å². The molecule has 2 rings (SSSR count). The van der Waals surface area contributed by atoms with Gasteiger partial charge in [-0.2, -0.15) is 0 Å². The largest absolute Gasteiger partial charge is 0.323 e. The number of aromatic nitrogens is 1. The van der Waals surface area contributed by atoms with Crippen LogP contribution in [0.15, 0.2) is 22.0 Å². The number of nitrogens with one attached hydrogen (secondary N) is 1. The van der Waals surface area contributed by atoms with Crippen molar-refractivity contribution in [2.45, 2.75) is 12.3 Å². The minimum absolute atomic E-state index is 0.157. The van der Waals surface area contributed by atoms with Gasteiger partial charge in [-0.1, -0.05) is 39.1 Å². The average molecular weight is 415 g/mol. The van der Waals surface area contributed by atoms with Crippen LogP contribution in [0.25, 0.3) is 0 Å². The molecule has 1 aromatic heterocycles. The van der Waals surface area contributed by atoms with E-state index in [-0.39, 0.29) is 12.3 Å². The number of benzene rings is 1. The zero-order chi connectivity index (χ0) is 14.7. The molecule has 0 saturated heterocycles. The Morgan fingerprint density at radius 3 is 2.55 bits per heavy atom. The summed E-state index contributed by atoms with van der Waals surface area (Å²) < 4.78 is 0.747. The van der Waals surface area contributed by atoms with Crippen LogP contribution in [0.3, 0.4) is 0 Å². The van der Waals surface area contributed by atoms with E-state index in [4.69, 9.17) is 34.8 Å². The molecule has 0 spiro atoms. The van der Waals surface area contributed by atoms with Crippen molar-refractivity contribution in [3.05, 3.63) is 42.7 Å². The molecule has 106 valence electrons. The zero-order valence-corrected chi connectivity index (χ0v) is 14.6. The number of hydrogen-bond donors (Lipinski definition) is 1. The monoisotopic (exact) mass is 412 g/mol. The number of thiazole rings is 1. The maximum absolute atomic E-state index is 12.0. The van der Waals surface area contributed by atoms with E-state index in [1.54, 1.807) is 12.1 Å². The van der Waals surface area contributed by atoms with Crippen LogP contribution in [0.1, 0.15) is 10.7 Å². The minimum Gasteiger partial charge on any atom is -0.323 e. The molecule has 3 nitrogen and oxygen atoms in total. The molecular formula is C12H8BrCl3N2OS. The van der Waals surface area contributed by atoms with Crippen LogP contribution in [0, 0.1) is 0 Å². The molecule has 0 fully saturated rings. The van der Waals surface area contributed by atoms with E-state index in [2.05, 4.69) is 26.2 Å². The van der Waals surface area contributed by atoms with Crippen LogP contribution in [-0.4, -0.2) is 10.9 Å². The highest BCUT2D eigenvalue weighted by atomic mass is 79.9. The standard InChI is InChI=1S/C12H8BrCl3N2OS/c13-6-1-8(15)12(9(16)2-6)18-10(19)3-11-17-7(4-14)5-20-11/h1-2,5H,3-4H2,(H,18,19). The van der Waals surface area contributed by atoms with Gasteiger partial charge in [0.1, 0.15) is 5.01 Å². The number of alkyl halides is 1. The topological polar surface area (TPSA) is 42.0 Å². The van der Waals surface area contributed by atoms with E-state index in [0.717, 1.165) is 10.2 Å². The van der Waals surface area contributed by atoms with Gasteiger partial charge >= 0.3 is 0 Å². The van der Waals surface area contributed by atoms with Crippen LogP contribution in [0.2, 0.25) is 10.0 Å². The van der Waals surface area contributed by atoms with Crippen molar-refractivity contribution >= 4 is 73.7 Å². The predicted molar refractivity (Wildman–Crippen MR) is 88.2 cm³/mol. The summed E-state index contributed by atoms with van der Waals surface area (Å²) in [4.78, 5) is 16.2. The fraction of sp³-hybridized carbons (Fsp3) is 0.167. The van der Waals surface area contributed by atoms with E-state index in [9.17, 15) is 4.79 Å². The van der Waals surface area contributed by atoms with Crippen LogP contribution < -0.4 is 5.32 Å². The van der Waals surface area contributed by atoms with Crippen molar-refractivity contribution in [3.8, 4) is 0 Å². The molecule has 0 atom stereocenters. The van der Waals surface area contributed by atoms with Crippen LogP contribution in [0.4, 0.5) is 5.69 Å². The number of carbonyl (C=O) groups is 1. The number of hydrogen-bond acceptors (Lipinski definition) is 3. The molecule has 8 heteroatoms. The normalized spacial score (nSPS) is 10.6. The van der Waals surface area contributed by atoms with Crippen LogP contribution in [0.5, 0.6) is 0 Å². The molecule has 2 aromatic rings. The maximum atomic E-state index is 12.0. The summed E-state index contributed by atoms with van der Waals surface area (Å²) >= 11 is 22.4. The summed E-state index contributed by atoms with van der Waals surface area (Å²) in [5, 5.41) is 5.96. The molecule has 1 heterocycles. The molecule has 0 aliphatic carbocycles. The smallest absolute Gasteiger partial charge is 0.231 e. The molecular weight excluding hydrogens is 406 g/mol. The van der Waals surface area contributed by atoms with Crippen molar-refractivity contribution in [1.29, 1.82) is 0 Å². The maximum Gasteiger partial charge on any atom is 0.231 e. The molecule has 0 radical (unpaired) electrons. The van der Waals surface area contributed by atoms with E-state index < -0.39 is 0 Å². The van der Waals surface area contributed by atoms with Gasteiger partial charge in [-0.15, -0.1) is 22.9 Å². The van der Waals surface area contributed by atoms with E-state index >= 15 is 0 Å². The van der Waals surface area contributed by atoms with Crippen molar-refractivity contribution in [3.63, 3.8) is 0 Å². The van der Waals surface area contributed by atoms with Crippen LogP contribution >= 0.6 is 62.1 Å². The molecule has 20 heavy (non-hydrogen) atoms. The Balaban J connectivity index is 2.08. The number of amides is 1. The Morgan fingerprint density at radius 2 is 2.00 bits per heavy atom. The quantitative estimate of drug-likeness (QED) is 0.705. The van der Waals surface area contributed by atoms with Crippen molar-refractivity contribution in [2.24, 2.45) is 0 Å². The number of halogens is 4. The number of carbonyl (C=O) groups excluding carboxylic acids is 1. The Bertz CT molecular complexity index is 624. The lowest BCUT2D eigenvalue weighted by molar-refractivity contribution is -0.115. The SMILES string of the molecule is O=C(Cc1nc(CCl)cs1)Nc1c(Cl)cc(Br)cc1Cl. The number of rotatable bonds is 4. The lowest BCUT2D eigenvalue weighted by atomic mass is 10.3. The molecule has 0 saturated carbocycles. The molecule has 1 N–H and O–H groups in total. The van der Waals surface area contributed by atoms with Gasteiger partial charge < -0.3 is 5.32 Å². The molecule has 0 aliphatic heterocycles. The third-order valence-corrected chi connectivity index (χ3v) is 4.54. The first-order valence-electron chi connectivity index (χ1n) is 5.43. The van der Waals surface area contributed by atoms with Crippen LogP contribution in [-0.2, 0) is 17.1 Å². The highest BCUT2D eigenvalue weighted by Crippen LogP contribution is 2.33. The Hall–Kier alpha value is -0.330. The third-order valence-electron chi connectivity index (χ3n) is 2.32. The van der Waals surface area contributed by atoms with Gasteiger partial charge in [0.25, 0.3) is 0 Å². The average Bonchev–Trinajstić information content (AvgIpc) is 2.81. The van der Waals surface area contributed by atoms with Crippen molar-refractivity contribution in [1.82, 2.24) is 4.98 Å². The first kappa shape index (κ1) is 16.0. The molecule has 0 unspecified atom stereocenters. The minimum atomic E-state index is -0.230. The second-order valence-electron chi connectivity index (χ2n) is 3.84. The van der Waals surface area contributed by atoms with Gasteiger partial charge in [-0.05, 0) is 12.1 Å². The fourth-order valence-corrected chi connectivity index (χ4v) is 3.80. The van der Waals surface area contributed by atoms with Gasteiger partial charge in [0.15, 0.2) is 0 Å². The molecule has 0 aliphatic rings. The molecule has 1 amide bonds. The number of anilines is 1. The Labute approximate surface area is 143 Å². The highest BCUT2D eigenvalue weighted by molar-refractivity contribution is 9.10. The summed E-state index contributed by atoms with van der Waals surface area (Å²) in [5.41, 5.74) is 1.16. The van der Waals surface area contributed by atoms with Crippen molar-refractivity contribution in [2.75, 3.05) is 5.32 Å². The van der Waals surface area contributed by atoms with Crippen molar-refractivity contribution < 1.29 is 4.79 Å². The second kappa shape index (κ2) is 7.09. The first-order chi connectivity index (χ1) is 9.49. The highest BCUT2D eigenvalue weighted by Gasteiger charge is 2.13. The van der Waals surface area contributed by atoms with Gasteiger partial charge in [0.2, 0.25) is 5.91 Å². The van der Waals surface area contributed by atoms with Gasteiger partial charge in [-0.25, -0.2) is 4.98 Å². The Kier molecular flexibility index (Phi) is 5.69. The zero-order valence-electron chi connectivity index (χ0n) is 9.92. The van der Waals surface area contributed by atoms with Gasteiger partial charge in [0.05, 0.1) is 33.7 Å². The summed E-state index contributed by atoms with van der Waals surface area (Å²) in [6.45, 7) is 0. The van der Waals surface area contributed by atoms with Gasteiger partial charge in [-0.3, -0.25) is 4.79 Å². The summed E-state index contributed by atoms with van der Waals surface area (Å²) in [6, 6.07) is 3.33. The lowest BCUT2D eigenvalue weighted by Gasteiger charge is -2.09. The summed E-state index contributed by atoms with van der Waals surface area (Å²) in [7, 11) is 0. The van der Waals surface area contributed by atoms with E-state index in [1.807, 2.05) is 5.38 Å². The summed E-state index contributed by atoms with van der Waals surface area (Å²) in [6.07, 6.45) is 0.157. The second-order valence-corrected chi connectivity index (χ2v) is 6.78. The third kappa shape index (κ3) is 4.09. The van der Waals surface area contributed by atoms with Gasteiger partial charge in [0, 0.05) is 9.85 Å². The molecule has 0 bridgehead atoms. The first-order valence-corrected chi connectivity index (χ1v) is 8.39. The lowest BCUT2D eigenvalue weighted by Crippen LogP contribution is -2.15. The Morgan fingerprint density at radius 1 is 1.35 bits per heavy atom. The molecule has 1 aromatic carbocycles.